The van der Waals surface area contributed by atoms with Gasteiger partial charge in [-0.25, -0.2) is 5.43 Å². The van der Waals surface area contributed by atoms with Gasteiger partial charge in [0.15, 0.2) is 0 Å². The van der Waals surface area contributed by atoms with E-state index in [2.05, 4.69) is 10.5 Å². The average Bonchev–Trinajstić information content (AvgIpc) is 2.78. The molecule has 0 aromatic heterocycles. The van der Waals surface area contributed by atoms with Crippen LogP contribution < -0.4 is 19.6 Å². The van der Waals surface area contributed by atoms with Gasteiger partial charge in [-0.3, -0.25) is 4.79 Å². The van der Waals surface area contributed by atoms with Crippen LogP contribution in [-0.2, 0) is 6.61 Å². The van der Waals surface area contributed by atoms with E-state index in [0.717, 1.165) is 5.56 Å². The second kappa shape index (κ2) is 10.3. The highest BCUT2D eigenvalue weighted by Gasteiger charge is 2.12. The summed E-state index contributed by atoms with van der Waals surface area (Å²) in [6, 6.07) is 19.8. The number of hydrazone groups is 1. The maximum Gasteiger partial charge on any atom is 0.275 e. The highest BCUT2D eigenvalue weighted by atomic mass is 35.5. The van der Waals surface area contributed by atoms with Crippen molar-refractivity contribution in [3.63, 3.8) is 0 Å². The minimum atomic E-state index is -0.403. The summed E-state index contributed by atoms with van der Waals surface area (Å²) in [5, 5.41) is 4.69. The number of methoxy groups -OCH3 is 2. The predicted molar refractivity (Wildman–Crippen MR) is 117 cm³/mol. The van der Waals surface area contributed by atoms with Crippen LogP contribution in [0.5, 0.6) is 17.2 Å². The second-order valence-corrected chi connectivity index (χ2v) is 6.59. The first-order valence-corrected chi connectivity index (χ1v) is 9.51. The van der Waals surface area contributed by atoms with E-state index in [-0.39, 0.29) is 0 Å². The number of hydrogen-bond acceptors (Lipinski definition) is 5. The number of amides is 1. The van der Waals surface area contributed by atoms with Gasteiger partial charge in [0.05, 0.1) is 26.0 Å². The van der Waals surface area contributed by atoms with Crippen LogP contribution >= 0.6 is 11.6 Å². The van der Waals surface area contributed by atoms with Gasteiger partial charge >= 0.3 is 0 Å². The molecule has 3 aromatic rings. The van der Waals surface area contributed by atoms with Crippen molar-refractivity contribution in [1.82, 2.24) is 5.43 Å². The van der Waals surface area contributed by atoms with Crippen LogP contribution in [0.2, 0.25) is 5.02 Å². The average molecular weight is 425 g/mol. The van der Waals surface area contributed by atoms with E-state index in [1.165, 1.54) is 13.3 Å². The van der Waals surface area contributed by atoms with E-state index in [4.69, 9.17) is 25.8 Å². The van der Waals surface area contributed by atoms with Gasteiger partial charge < -0.3 is 14.2 Å². The van der Waals surface area contributed by atoms with Crippen molar-refractivity contribution in [2.75, 3.05) is 14.2 Å². The number of carbonyl (C=O) groups is 1. The van der Waals surface area contributed by atoms with Gasteiger partial charge in [-0.1, -0.05) is 41.9 Å². The Balaban J connectivity index is 1.68. The van der Waals surface area contributed by atoms with Crippen LogP contribution in [0, 0.1) is 0 Å². The van der Waals surface area contributed by atoms with Crippen LogP contribution in [0.3, 0.4) is 0 Å². The molecule has 7 heteroatoms. The van der Waals surface area contributed by atoms with E-state index in [1.54, 1.807) is 25.3 Å². The summed E-state index contributed by atoms with van der Waals surface area (Å²) >= 11 is 6.18. The van der Waals surface area contributed by atoms with Crippen molar-refractivity contribution in [2.45, 2.75) is 6.61 Å². The Bertz CT molecular complexity index is 1050. The molecule has 0 unspecified atom stereocenters. The predicted octanol–water partition coefficient (Wildman–Crippen LogP) is 4.70. The SMILES string of the molecule is COc1ccc(C(=O)N/N=C\c2ccccc2OCc2ccccc2Cl)c(OC)c1. The van der Waals surface area contributed by atoms with Crippen molar-refractivity contribution in [2.24, 2.45) is 5.10 Å². The largest absolute Gasteiger partial charge is 0.497 e. The highest BCUT2D eigenvalue weighted by molar-refractivity contribution is 6.31. The van der Waals surface area contributed by atoms with E-state index in [9.17, 15) is 4.79 Å². The first-order valence-electron chi connectivity index (χ1n) is 9.13. The number of carbonyl (C=O) groups excluding carboxylic acids is 1. The molecule has 0 fully saturated rings. The molecule has 0 aliphatic heterocycles. The molecule has 0 heterocycles. The first-order chi connectivity index (χ1) is 14.6. The minimum Gasteiger partial charge on any atom is -0.497 e. The zero-order valence-corrected chi connectivity index (χ0v) is 17.3. The van der Waals surface area contributed by atoms with Gasteiger partial charge in [0.1, 0.15) is 23.9 Å². The molecule has 0 saturated carbocycles. The number of rotatable bonds is 8. The monoisotopic (exact) mass is 424 g/mol. The van der Waals surface area contributed by atoms with E-state index in [0.29, 0.717) is 40.0 Å². The molecule has 3 aromatic carbocycles. The molecule has 3 rings (SSSR count). The zero-order valence-electron chi connectivity index (χ0n) is 16.6. The fourth-order valence-electron chi connectivity index (χ4n) is 2.70. The Morgan fingerprint density at radius 3 is 2.53 bits per heavy atom. The molecule has 0 atom stereocenters. The first kappa shape index (κ1) is 21.2. The fraction of sp³-hybridized carbons (Fsp3) is 0.130. The third kappa shape index (κ3) is 5.30. The van der Waals surface area contributed by atoms with Crippen LogP contribution in [0.4, 0.5) is 0 Å². The lowest BCUT2D eigenvalue weighted by Crippen LogP contribution is -2.18. The zero-order chi connectivity index (χ0) is 21.3. The van der Waals surface area contributed by atoms with E-state index < -0.39 is 5.91 Å². The van der Waals surface area contributed by atoms with Crippen molar-refractivity contribution in [3.8, 4) is 17.2 Å². The van der Waals surface area contributed by atoms with Gasteiger partial charge in [-0.2, -0.15) is 5.10 Å². The molecule has 6 nitrogen and oxygen atoms in total. The smallest absolute Gasteiger partial charge is 0.275 e. The number of nitrogens with one attached hydrogen (secondary N) is 1. The molecule has 1 amide bonds. The van der Waals surface area contributed by atoms with Gasteiger partial charge in [-0.15, -0.1) is 0 Å². The highest BCUT2D eigenvalue weighted by Crippen LogP contribution is 2.24. The maximum absolute atomic E-state index is 12.5. The van der Waals surface area contributed by atoms with Gasteiger partial charge in [-0.05, 0) is 30.3 Å². The molecular formula is C23H21ClN2O4. The third-order valence-corrected chi connectivity index (χ3v) is 4.65. The molecule has 30 heavy (non-hydrogen) atoms. The van der Waals surface area contributed by atoms with Crippen molar-refractivity contribution in [3.05, 3.63) is 88.4 Å². The third-order valence-electron chi connectivity index (χ3n) is 4.28. The minimum absolute atomic E-state index is 0.319. The summed E-state index contributed by atoms with van der Waals surface area (Å²) < 4.78 is 16.3. The lowest BCUT2D eigenvalue weighted by molar-refractivity contribution is 0.0952. The topological polar surface area (TPSA) is 69.2 Å². The summed E-state index contributed by atoms with van der Waals surface area (Å²) in [4.78, 5) is 12.5. The maximum atomic E-state index is 12.5. The standard InChI is InChI=1S/C23H21ClN2O4/c1-28-18-11-12-19(22(13-18)29-2)23(27)26-25-14-16-7-4-6-10-21(16)30-15-17-8-3-5-9-20(17)24/h3-14H,15H2,1-2H3,(H,26,27)/b25-14-. The lowest BCUT2D eigenvalue weighted by Gasteiger charge is -2.10. The quantitative estimate of drug-likeness (QED) is 0.420. The van der Waals surface area contributed by atoms with Crippen LogP contribution in [-0.4, -0.2) is 26.3 Å². The number of nitrogens with zero attached hydrogens (tertiary/aromatic N) is 1. The van der Waals surface area contributed by atoms with E-state index in [1.807, 2.05) is 48.5 Å². The second-order valence-electron chi connectivity index (χ2n) is 6.18. The Morgan fingerprint density at radius 2 is 1.77 bits per heavy atom. The normalized spacial score (nSPS) is 10.6. The molecule has 0 saturated heterocycles. The molecule has 1 N–H and O–H groups in total. The Labute approximate surface area is 180 Å². The van der Waals surface area contributed by atoms with Gasteiger partial charge in [0.2, 0.25) is 0 Å². The Hall–Kier alpha value is -3.51. The fourth-order valence-corrected chi connectivity index (χ4v) is 2.89. The van der Waals surface area contributed by atoms with Gasteiger partial charge in [0, 0.05) is 22.2 Å². The van der Waals surface area contributed by atoms with Crippen molar-refractivity contribution >= 4 is 23.7 Å². The molecule has 0 bridgehead atoms. The number of ether oxygens (including phenoxy) is 3. The Kier molecular flexibility index (Phi) is 7.29. The summed E-state index contributed by atoms with van der Waals surface area (Å²) in [6.07, 6.45) is 1.52. The number of benzene rings is 3. The van der Waals surface area contributed by atoms with Gasteiger partial charge in [0.25, 0.3) is 5.91 Å². The Morgan fingerprint density at radius 1 is 1.00 bits per heavy atom. The molecular weight excluding hydrogens is 404 g/mol. The molecule has 154 valence electrons. The van der Waals surface area contributed by atoms with E-state index >= 15 is 0 Å². The summed E-state index contributed by atoms with van der Waals surface area (Å²) in [7, 11) is 3.03. The molecule has 0 spiro atoms. The number of para-hydroxylation sites is 1. The number of halogens is 1. The summed E-state index contributed by atoms with van der Waals surface area (Å²) in [5.74, 6) is 1.21. The molecule has 0 aliphatic carbocycles. The number of hydrogen-bond donors (Lipinski definition) is 1. The van der Waals surface area contributed by atoms with Crippen LogP contribution in [0.15, 0.2) is 71.8 Å². The molecule has 0 aliphatic rings. The summed E-state index contributed by atoms with van der Waals surface area (Å²) in [6.45, 7) is 0.319. The lowest BCUT2D eigenvalue weighted by atomic mass is 10.2. The molecule has 0 radical (unpaired) electrons. The van der Waals surface area contributed by atoms with Crippen LogP contribution in [0.25, 0.3) is 0 Å². The summed E-state index contributed by atoms with van der Waals surface area (Å²) in [5.41, 5.74) is 4.44. The van der Waals surface area contributed by atoms with Crippen LogP contribution in [0.1, 0.15) is 21.5 Å². The van der Waals surface area contributed by atoms with Crippen molar-refractivity contribution < 1.29 is 19.0 Å². The van der Waals surface area contributed by atoms with Crippen molar-refractivity contribution in [1.29, 1.82) is 0 Å².